The van der Waals surface area contributed by atoms with Gasteiger partial charge >= 0.3 is 0 Å². The van der Waals surface area contributed by atoms with Gasteiger partial charge in [0.2, 0.25) is 0 Å². The summed E-state index contributed by atoms with van der Waals surface area (Å²) < 4.78 is 0. The molecule has 31 heavy (non-hydrogen) atoms. The summed E-state index contributed by atoms with van der Waals surface area (Å²) in [6, 6.07) is 12.4. The summed E-state index contributed by atoms with van der Waals surface area (Å²) in [6.07, 6.45) is 0. The number of rotatable bonds is 5. The lowest BCUT2D eigenvalue weighted by Gasteiger charge is -2.24. The molecule has 2 aromatic carbocycles. The molecule has 0 aliphatic carbocycles. The molecule has 4 rings (SSSR count). The van der Waals surface area contributed by atoms with Gasteiger partial charge in [0.25, 0.3) is 0 Å². The molecule has 0 amide bonds. The molecule has 5 heteroatoms. The first kappa shape index (κ1) is 22.0. The molecule has 0 atom stereocenters. The summed E-state index contributed by atoms with van der Waals surface area (Å²) in [6.45, 7) is 12.7. The van der Waals surface area contributed by atoms with Gasteiger partial charge in [-0.3, -0.25) is 14.9 Å². The van der Waals surface area contributed by atoms with Crippen LogP contribution in [-0.4, -0.2) is 21.4 Å². The number of nitrogens with zero attached hydrogens (tertiary/aromatic N) is 3. The molecule has 0 fully saturated rings. The van der Waals surface area contributed by atoms with E-state index in [2.05, 4.69) is 49.9 Å². The van der Waals surface area contributed by atoms with E-state index in [1.165, 1.54) is 11.1 Å². The largest absolute Gasteiger partial charge is 0.295 e. The number of fused-ring (bicyclic) bond motifs is 2. The van der Waals surface area contributed by atoms with E-state index in [0.29, 0.717) is 13.1 Å². The van der Waals surface area contributed by atoms with Gasteiger partial charge in [-0.2, -0.15) is 0 Å². The minimum absolute atomic E-state index is 0.708. The van der Waals surface area contributed by atoms with Crippen molar-refractivity contribution in [2.45, 2.75) is 47.7 Å². The number of halogens is 2. The Morgan fingerprint density at radius 3 is 1.52 bits per heavy atom. The van der Waals surface area contributed by atoms with Gasteiger partial charge in [0.1, 0.15) is 0 Å². The van der Waals surface area contributed by atoms with Crippen molar-refractivity contribution in [3.63, 3.8) is 0 Å². The predicted octanol–water partition coefficient (Wildman–Crippen LogP) is 7.35. The van der Waals surface area contributed by atoms with E-state index in [-0.39, 0.29) is 0 Å². The first-order valence-corrected chi connectivity index (χ1v) is 11.4. The third-order valence-electron chi connectivity index (χ3n) is 5.97. The highest BCUT2D eigenvalue weighted by Gasteiger charge is 2.18. The molecule has 4 aromatic rings. The Morgan fingerprint density at radius 1 is 0.710 bits per heavy atom. The van der Waals surface area contributed by atoms with E-state index in [9.17, 15) is 0 Å². The molecule has 0 unspecified atom stereocenters. The highest BCUT2D eigenvalue weighted by Crippen LogP contribution is 2.32. The van der Waals surface area contributed by atoms with E-state index in [1.807, 2.05) is 26.0 Å². The van der Waals surface area contributed by atoms with E-state index >= 15 is 0 Å². The normalized spacial score (nSPS) is 11.7. The maximum absolute atomic E-state index is 6.88. The first-order valence-electron chi connectivity index (χ1n) is 10.6. The van der Waals surface area contributed by atoms with Crippen LogP contribution in [0.15, 0.2) is 36.4 Å². The predicted molar refractivity (Wildman–Crippen MR) is 132 cm³/mol. The zero-order chi connectivity index (χ0) is 22.3. The van der Waals surface area contributed by atoms with Crippen LogP contribution in [0.5, 0.6) is 0 Å². The Kier molecular flexibility index (Phi) is 6.20. The number of hydrogen-bond acceptors (Lipinski definition) is 3. The van der Waals surface area contributed by atoms with Crippen LogP contribution < -0.4 is 0 Å². The Hall–Kier alpha value is -2.20. The summed E-state index contributed by atoms with van der Waals surface area (Å²) >= 11 is 13.8. The lowest BCUT2D eigenvalue weighted by atomic mass is 10.0. The summed E-state index contributed by atoms with van der Waals surface area (Å²) in [7, 11) is 0. The van der Waals surface area contributed by atoms with Crippen LogP contribution in [0.1, 0.15) is 40.6 Å². The zero-order valence-electron chi connectivity index (χ0n) is 18.7. The molecule has 0 aliphatic rings. The zero-order valence-corrected chi connectivity index (χ0v) is 20.2. The minimum Gasteiger partial charge on any atom is -0.295 e. The van der Waals surface area contributed by atoms with Crippen LogP contribution >= 0.6 is 23.2 Å². The van der Waals surface area contributed by atoms with E-state index in [1.54, 1.807) is 0 Å². The van der Waals surface area contributed by atoms with Crippen LogP contribution in [0.2, 0.25) is 10.0 Å². The summed E-state index contributed by atoms with van der Waals surface area (Å²) in [4.78, 5) is 12.0. The SMILES string of the molecule is CCN(Cc1c(C)nc2ccc(C)cc2c1Cl)Cc1c(C)nc2ccc(C)cc2c1Cl. The fraction of sp³-hybridized carbons (Fsp3) is 0.308. The number of benzene rings is 2. The standard InChI is InChI=1S/C26H27Cl2N3/c1-6-31(13-21-17(4)29-23-9-7-15(2)11-19(23)25(21)27)14-22-18(5)30-24-10-8-16(3)12-20(24)26(22)28/h7-12H,6,13-14H2,1-5H3. The maximum Gasteiger partial charge on any atom is 0.0720 e. The fourth-order valence-electron chi connectivity index (χ4n) is 4.08. The highest BCUT2D eigenvalue weighted by atomic mass is 35.5. The van der Waals surface area contributed by atoms with Crippen LogP contribution in [0, 0.1) is 27.7 Å². The van der Waals surface area contributed by atoms with Crippen molar-refractivity contribution in [2.75, 3.05) is 6.54 Å². The monoisotopic (exact) mass is 451 g/mol. The molecule has 0 radical (unpaired) electrons. The van der Waals surface area contributed by atoms with Gasteiger partial charge in [-0.1, -0.05) is 53.4 Å². The molecule has 0 bridgehead atoms. The van der Waals surface area contributed by atoms with Gasteiger partial charge in [0.15, 0.2) is 0 Å². The second-order valence-corrected chi connectivity index (χ2v) is 9.08. The van der Waals surface area contributed by atoms with Crippen LogP contribution in [0.3, 0.4) is 0 Å². The van der Waals surface area contributed by atoms with Gasteiger partial charge in [0.05, 0.1) is 21.1 Å². The van der Waals surface area contributed by atoms with Gasteiger partial charge in [-0.05, 0) is 58.5 Å². The van der Waals surface area contributed by atoms with E-state index < -0.39 is 0 Å². The molecular formula is C26H27Cl2N3. The second kappa shape index (κ2) is 8.74. The quantitative estimate of drug-likeness (QED) is 0.317. The Morgan fingerprint density at radius 2 is 1.13 bits per heavy atom. The molecule has 160 valence electrons. The topological polar surface area (TPSA) is 29.0 Å². The number of aryl methyl sites for hydroxylation is 4. The summed E-state index contributed by atoms with van der Waals surface area (Å²) in [5.41, 5.74) is 8.31. The summed E-state index contributed by atoms with van der Waals surface area (Å²) in [5.74, 6) is 0. The van der Waals surface area contributed by atoms with Crippen molar-refractivity contribution in [3.05, 3.63) is 80.1 Å². The lowest BCUT2D eigenvalue weighted by Crippen LogP contribution is -2.24. The molecule has 3 nitrogen and oxygen atoms in total. The summed E-state index contributed by atoms with van der Waals surface area (Å²) in [5, 5.41) is 3.60. The minimum atomic E-state index is 0.708. The van der Waals surface area contributed by atoms with Gasteiger partial charge in [-0.15, -0.1) is 0 Å². The molecule has 0 N–H and O–H groups in total. The Balaban J connectivity index is 1.71. The molecule has 2 heterocycles. The average Bonchev–Trinajstić information content (AvgIpc) is 2.74. The van der Waals surface area contributed by atoms with Gasteiger partial charge in [0, 0.05) is 46.4 Å². The van der Waals surface area contributed by atoms with Crippen molar-refractivity contribution in [3.8, 4) is 0 Å². The van der Waals surface area contributed by atoms with Crippen LogP contribution in [0.4, 0.5) is 0 Å². The van der Waals surface area contributed by atoms with E-state index in [4.69, 9.17) is 33.2 Å². The average molecular weight is 452 g/mol. The maximum atomic E-state index is 6.88. The second-order valence-electron chi connectivity index (χ2n) is 8.32. The highest BCUT2D eigenvalue weighted by molar-refractivity contribution is 6.36. The lowest BCUT2D eigenvalue weighted by molar-refractivity contribution is 0.270. The third-order valence-corrected chi connectivity index (χ3v) is 6.83. The van der Waals surface area contributed by atoms with Crippen molar-refractivity contribution >= 4 is 45.0 Å². The van der Waals surface area contributed by atoms with E-state index in [0.717, 1.165) is 60.9 Å². The third kappa shape index (κ3) is 4.27. The van der Waals surface area contributed by atoms with Crippen LogP contribution in [-0.2, 0) is 13.1 Å². The Bertz CT molecular complexity index is 1200. The molecule has 0 saturated heterocycles. The first-order chi connectivity index (χ1) is 14.8. The molecule has 0 saturated carbocycles. The number of aromatic nitrogens is 2. The smallest absolute Gasteiger partial charge is 0.0720 e. The molecule has 2 aromatic heterocycles. The van der Waals surface area contributed by atoms with Gasteiger partial charge in [-0.25, -0.2) is 0 Å². The number of pyridine rings is 2. The molecule has 0 spiro atoms. The molecule has 0 aliphatic heterocycles. The number of hydrogen-bond donors (Lipinski definition) is 0. The van der Waals surface area contributed by atoms with Gasteiger partial charge < -0.3 is 0 Å². The van der Waals surface area contributed by atoms with Crippen LogP contribution in [0.25, 0.3) is 21.8 Å². The molecular weight excluding hydrogens is 425 g/mol. The van der Waals surface area contributed by atoms with Crippen molar-refractivity contribution in [2.24, 2.45) is 0 Å². The van der Waals surface area contributed by atoms with Crippen molar-refractivity contribution < 1.29 is 0 Å². The van der Waals surface area contributed by atoms with Crippen molar-refractivity contribution in [1.29, 1.82) is 0 Å². The van der Waals surface area contributed by atoms with Crippen molar-refractivity contribution in [1.82, 2.24) is 14.9 Å². The fourth-order valence-corrected chi connectivity index (χ4v) is 4.78. The Labute approximate surface area is 194 Å².